The number of rotatable bonds is 7. The van der Waals surface area contributed by atoms with E-state index in [1.165, 1.54) is 6.08 Å². The Kier molecular flexibility index (Phi) is 7.45. The number of esters is 1. The number of hydrogen-bond donors (Lipinski definition) is 1. The van der Waals surface area contributed by atoms with Gasteiger partial charge in [-0.2, -0.15) is 0 Å². The molecule has 1 heterocycles. The molecule has 0 bridgehead atoms. The van der Waals surface area contributed by atoms with E-state index in [0.717, 1.165) is 16.7 Å². The van der Waals surface area contributed by atoms with Crippen molar-refractivity contribution in [2.75, 3.05) is 19.8 Å². The average molecular weight is 523 g/mol. The first-order valence-corrected chi connectivity index (χ1v) is 9.87. The first kappa shape index (κ1) is 21.5. The van der Waals surface area contributed by atoms with Crippen LogP contribution in [-0.4, -0.2) is 52.8 Å². The van der Waals surface area contributed by atoms with E-state index in [9.17, 15) is 19.2 Å². The second kappa shape index (κ2) is 9.38. The fourth-order valence-electron chi connectivity index (χ4n) is 2.06. The smallest absolute Gasteiger partial charge is 0.341 e. The van der Waals surface area contributed by atoms with Gasteiger partial charge >= 0.3 is 11.9 Å². The first-order chi connectivity index (χ1) is 12.7. The monoisotopic (exact) mass is 521 g/mol. The molecular weight excluding hydrogens is 510 g/mol. The van der Waals surface area contributed by atoms with Crippen LogP contribution in [-0.2, 0) is 19.1 Å². The summed E-state index contributed by atoms with van der Waals surface area (Å²) in [7, 11) is 0. The van der Waals surface area contributed by atoms with Crippen molar-refractivity contribution in [1.29, 1.82) is 0 Å². The Balaban J connectivity index is 2.21. The molecule has 1 N–H and O–H groups in total. The van der Waals surface area contributed by atoms with Crippen molar-refractivity contribution in [3.63, 3.8) is 0 Å². The molecule has 11 heteroatoms. The van der Waals surface area contributed by atoms with Gasteiger partial charge in [0, 0.05) is 0 Å². The minimum absolute atomic E-state index is 0.155. The Morgan fingerprint density at radius 2 is 1.89 bits per heavy atom. The standard InChI is InChI=1S/C16H13Br2NO7S/c1-2-25-13(22)6-19-15(23)11(27-16(19)24)5-8-3-9(17)14(10(18)4-8)26-7-12(20)21/h3-5H,2,6-7H2,1H3,(H,20,21)/b11-5+. The van der Waals surface area contributed by atoms with Crippen molar-refractivity contribution in [1.82, 2.24) is 4.90 Å². The lowest BCUT2D eigenvalue weighted by molar-refractivity contribution is -0.146. The summed E-state index contributed by atoms with van der Waals surface area (Å²) >= 11 is 7.28. The molecule has 0 aromatic heterocycles. The van der Waals surface area contributed by atoms with E-state index in [0.29, 0.717) is 20.3 Å². The Morgan fingerprint density at radius 3 is 2.44 bits per heavy atom. The number of aliphatic carboxylic acids is 1. The number of benzene rings is 1. The van der Waals surface area contributed by atoms with Gasteiger partial charge in [0.05, 0.1) is 20.5 Å². The Labute approximate surface area is 175 Å². The molecule has 1 aromatic rings. The predicted molar refractivity (Wildman–Crippen MR) is 104 cm³/mol. The summed E-state index contributed by atoms with van der Waals surface area (Å²) in [5.41, 5.74) is 0.568. The van der Waals surface area contributed by atoms with Gasteiger partial charge in [0.25, 0.3) is 11.1 Å². The zero-order valence-electron chi connectivity index (χ0n) is 13.9. The van der Waals surface area contributed by atoms with Crippen molar-refractivity contribution in [3.8, 4) is 5.75 Å². The first-order valence-electron chi connectivity index (χ1n) is 7.47. The Bertz CT molecular complexity index is 817. The molecule has 144 valence electrons. The number of carboxylic acid groups (broad SMARTS) is 1. The van der Waals surface area contributed by atoms with E-state index < -0.39 is 36.2 Å². The topological polar surface area (TPSA) is 110 Å². The van der Waals surface area contributed by atoms with Crippen LogP contribution in [0.2, 0.25) is 0 Å². The molecule has 1 aromatic carbocycles. The summed E-state index contributed by atoms with van der Waals surface area (Å²) in [5.74, 6) is -2.07. The van der Waals surface area contributed by atoms with Crippen molar-refractivity contribution in [3.05, 3.63) is 31.5 Å². The molecule has 0 radical (unpaired) electrons. The third-order valence-electron chi connectivity index (χ3n) is 3.12. The van der Waals surface area contributed by atoms with E-state index >= 15 is 0 Å². The maximum Gasteiger partial charge on any atom is 0.341 e. The summed E-state index contributed by atoms with van der Waals surface area (Å²) in [6, 6.07) is 3.22. The van der Waals surface area contributed by atoms with E-state index in [1.807, 2.05) is 0 Å². The quantitative estimate of drug-likeness (QED) is 0.429. The molecule has 0 aliphatic carbocycles. The second-order valence-corrected chi connectivity index (χ2v) is 7.77. The largest absolute Gasteiger partial charge is 0.480 e. The van der Waals surface area contributed by atoms with Crippen LogP contribution in [0.3, 0.4) is 0 Å². The van der Waals surface area contributed by atoms with Crippen LogP contribution in [0.15, 0.2) is 26.0 Å². The molecule has 2 rings (SSSR count). The third-order valence-corrected chi connectivity index (χ3v) is 5.21. The van der Waals surface area contributed by atoms with Gasteiger partial charge < -0.3 is 14.6 Å². The molecule has 0 spiro atoms. The number of carboxylic acids is 1. The molecule has 1 aliphatic heterocycles. The van der Waals surface area contributed by atoms with Gasteiger partial charge in [-0.3, -0.25) is 19.3 Å². The van der Waals surface area contributed by atoms with E-state index in [1.54, 1.807) is 19.1 Å². The Hall–Kier alpha value is -1.85. The number of carbonyl (C=O) groups excluding carboxylic acids is 3. The normalized spacial score (nSPS) is 15.4. The van der Waals surface area contributed by atoms with Crippen LogP contribution in [0.5, 0.6) is 5.75 Å². The fourth-order valence-corrected chi connectivity index (χ4v) is 4.35. The summed E-state index contributed by atoms with van der Waals surface area (Å²) in [6.07, 6.45) is 1.49. The maximum absolute atomic E-state index is 12.4. The van der Waals surface area contributed by atoms with Crippen LogP contribution in [0, 0.1) is 0 Å². The number of halogens is 2. The average Bonchev–Trinajstić information content (AvgIpc) is 2.81. The number of nitrogens with zero attached hydrogens (tertiary/aromatic N) is 1. The van der Waals surface area contributed by atoms with E-state index in [-0.39, 0.29) is 11.5 Å². The van der Waals surface area contributed by atoms with Crippen LogP contribution >= 0.6 is 43.6 Å². The zero-order chi connectivity index (χ0) is 20.1. The highest BCUT2D eigenvalue weighted by Gasteiger charge is 2.36. The third kappa shape index (κ3) is 5.56. The van der Waals surface area contributed by atoms with Crippen LogP contribution in [0.25, 0.3) is 6.08 Å². The molecule has 0 atom stereocenters. The molecule has 0 unspecified atom stereocenters. The van der Waals surface area contributed by atoms with Gasteiger partial charge in [-0.25, -0.2) is 4.79 Å². The van der Waals surface area contributed by atoms with Crippen molar-refractivity contribution in [2.45, 2.75) is 6.92 Å². The second-order valence-electron chi connectivity index (χ2n) is 5.07. The van der Waals surface area contributed by atoms with Gasteiger partial charge in [-0.05, 0) is 74.3 Å². The van der Waals surface area contributed by atoms with Gasteiger partial charge in [0.2, 0.25) is 0 Å². The van der Waals surface area contributed by atoms with Gasteiger partial charge in [0.1, 0.15) is 12.3 Å². The number of amides is 2. The highest BCUT2D eigenvalue weighted by atomic mass is 79.9. The number of ether oxygens (including phenoxy) is 2. The number of hydrogen-bond acceptors (Lipinski definition) is 7. The lowest BCUT2D eigenvalue weighted by Gasteiger charge is -2.11. The van der Waals surface area contributed by atoms with Crippen molar-refractivity contribution >= 4 is 72.8 Å². The molecular formula is C16H13Br2NO7S. The van der Waals surface area contributed by atoms with Gasteiger partial charge in [-0.1, -0.05) is 0 Å². The molecule has 1 saturated heterocycles. The highest BCUT2D eigenvalue weighted by molar-refractivity contribution is 9.11. The SMILES string of the molecule is CCOC(=O)CN1C(=O)S/C(=C/c2cc(Br)c(OCC(=O)O)c(Br)c2)C1=O. The fraction of sp³-hybridized carbons (Fsp3) is 0.250. The summed E-state index contributed by atoms with van der Waals surface area (Å²) in [5, 5.41) is 8.14. The maximum atomic E-state index is 12.4. The summed E-state index contributed by atoms with van der Waals surface area (Å²) < 4.78 is 10.9. The molecule has 2 amide bonds. The van der Waals surface area contributed by atoms with Crippen LogP contribution in [0.1, 0.15) is 12.5 Å². The molecule has 1 fully saturated rings. The summed E-state index contributed by atoms with van der Waals surface area (Å²) in [4.78, 5) is 47.5. The van der Waals surface area contributed by atoms with E-state index in [4.69, 9.17) is 14.6 Å². The van der Waals surface area contributed by atoms with E-state index in [2.05, 4.69) is 31.9 Å². The van der Waals surface area contributed by atoms with Crippen molar-refractivity contribution < 1.29 is 33.8 Å². The Morgan fingerprint density at radius 1 is 1.26 bits per heavy atom. The lowest BCUT2D eigenvalue weighted by Crippen LogP contribution is -2.34. The summed E-state index contributed by atoms with van der Waals surface area (Å²) in [6.45, 7) is 0.836. The molecule has 8 nitrogen and oxygen atoms in total. The molecule has 27 heavy (non-hydrogen) atoms. The molecule has 0 saturated carbocycles. The highest BCUT2D eigenvalue weighted by Crippen LogP contribution is 2.37. The van der Waals surface area contributed by atoms with Gasteiger partial charge in [-0.15, -0.1) is 0 Å². The zero-order valence-corrected chi connectivity index (χ0v) is 17.8. The minimum atomic E-state index is -1.12. The van der Waals surface area contributed by atoms with Crippen molar-refractivity contribution in [2.24, 2.45) is 0 Å². The number of carbonyl (C=O) groups is 4. The minimum Gasteiger partial charge on any atom is -0.480 e. The van der Waals surface area contributed by atoms with Crippen LogP contribution < -0.4 is 4.74 Å². The van der Waals surface area contributed by atoms with Crippen LogP contribution in [0.4, 0.5) is 4.79 Å². The molecule has 1 aliphatic rings. The lowest BCUT2D eigenvalue weighted by atomic mass is 10.2. The van der Waals surface area contributed by atoms with Gasteiger partial charge in [0.15, 0.2) is 6.61 Å². The predicted octanol–water partition coefficient (Wildman–Crippen LogP) is 3.27. The number of thioether (sulfide) groups is 1. The number of imide groups is 1.